The maximum atomic E-state index is 13.0. The number of anilines is 2. The molecular formula is C21H25FN4O2. The number of piperazine rings is 1. The van der Waals surface area contributed by atoms with Crippen molar-refractivity contribution in [2.45, 2.75) is 6.42 Å². The summed E-state index contributed by atoms with van der Waals surface area (Å²) < 4.78 is 13.0. The van der Waals surface area contributed by atoms with Gasteiger partial charge >= 0.3 is 6.03 Å². The molecule has 6 nitrogen and oxygen atoms in total. The normalized spacial score (nSPS) is 14.0. The highest BCUT2D eigenvalue weighted by Crippen LogP contribution is 2.20. The Kier molecular flexibility index (Phi) is 6.13. The van der Waals surface area contributed by atoms with Crippen molar-refractivity contribution in [1.29, 1.82) is 0 Å². The number of carbonyl (C=O) groups is 2. The number of nitrogens with zero attached hydrogens (tertiary/aromatic N) is 3. The van der Waals surface area contributed by atoms with Gasteiger partial charge in [-0.25, -0.2) is 9.18 Å². The van der Waals surface area contributed by atoms with Gasteiger partial charge in [0.05, 0.1) is 6.42 Å². The lowest BCUT2D eigenvalue weighted by Crippen LogP contribution is -2.49. The highest BCUT2D eigenvalue weighted by molar-refractivity contribution is 5.89. The van der Waals surface area contributed by atoms with Crippen LogP contribution in [0.4, 0.5) is 20.6 Å². The van der Waals surface area contributed by atoms with Gasteiger partial charge in [0, 0.05) is 51.6 Å². The summed E-state index contributed by atoms with van der Waals surface area (Å²) in [6.07, 6.45) is 0.292. The molecule has 0 bridgehead atoms. The Morgan fingerprint density at radius 2 is 1.57 bits per heavy atom. The lowest BCUT2D eigenvalue weighted by Gasteiger charge is -2.36. The van der Waals surface area contributed by atoms with Gasteiger partial charge in [0.2, 0.25) is 5.91 Å². The van der Waals surface area contributed by atoms with Crippen LogP contribution in [0.3, 0.4) is 0 Å². The van der Waals surface area contributed by atoms with Gasteiger partial charge in [-0.1, -0.05) is 12.1 Å². The van der Waals surface area contributed by atoms with E-state index in [1.165, 1.54) is 17.0 Å². The smallest absolute Gasteiger partial charge is 0.321 e. The van der Waals surface area contributed by atoms with Crippen LogP contribution in [0.2, 0.25) is 0 Å². The van der Waals surface area contributed by atoms with Crippen molar-refractivity contribution in [2.75, 3.05) is 50.5 Å². The van der Waals surface area contributed by atoms with Crippen LogP contribution in [0.1, 0.15) is 5.56 Å². The molecular weight excluding hydrogens is 359 g/mol. The van der Waals surface area contributed by atoms with E-state index >= 15 is 0 Å². The van der Waals surface area contributed by atoms with Crippen molar-refractivity contribution in [3.63, 3.8) is 0 Å². The van der Waals surface area contributed by atoms with Gasteiger partial charge < -0.3 is 20.0 Å². The summed E-state index contributed by atoms with van der Waals surface area (Å²) in [7, 11) is 3.39. The molecule has 0 unspecified atom stereocenters. The SMILES string of the molecule is CN(C)C(=O)Nc1ccc(N2CCN(C(=O)Cc3ccc(F)cc3)CC2)cc1. The zero-order valence-corrected chi connectivity index (χ0v) is 16.2. The van der Waals surface area contributed by atoms with E-state index in [9.17, 15) is 14.0 Å². The summed E-state index contributed by atoms with van der Waals surface area (Å²) in [6.45, 7) is 2.80. The zero-order chi connectivity index (χ0) is 20.1. The van der Waals surface area contributed by atoms with E-state index in [1.807, 2.05) is 29.2 Å². The fraction of sp³-hybridized carbons (Fsp3) is 0.333. The molecule has 7 heteroatoms. The van der Waals surface area contributed by atoms with Crippen molar-refractivity contribution in [3.8, 4) is 0 Å². The number of halogens is 1. The Labute approximate surface area is 164 Å². The summed E-state index contributed by atoms with van der Waals surface area (Å²) >= 11 is 0. The number of benzene rings is 2. The van der Waals surface area contributed by atoms with E-state index < -0.39 is 0 Å². The molecule has 2 aromatic rings. The van der Waals surface area contributed by atoms with Crippen molar-refractivity contribution >= 4 is 23.3 Å². The Hall–Kier alpha value is -3.09. The van der Waals surface area contributed by atoms with E-state index in [4.69, 9.17) is 0 Å². The average Bonchev–Trinajstić information content (AvgIpc) is 2.70. The number of rotatable bonds is 4. The van der Waals surface area contributed by atoms with Crippen LogP contribution >= 0.6 is 0 Å². The van der Waals surface area contributed by atoms with Crippen LogP contribution in [0, 0.1) is 5.82 Å². The second-order valence-electron chi connectivity index (χ2n) is 7.04. The van der Waals surface area contributed by atoms with Crippen LogP contribution in [-0.2, 0) is 11.2 Å². The molecule has 3 amide bonds. The molecule has 1 aliphatic rings. The largest absolute Gasteiger partial charge is 0.368 e. The number of hydrogen-bond acceptors (Lipinski definition) is 3. The molecule has 1 fully saturated rings. The van der Waals surface area contributed by atoms with E-state index in [0.717, 1.165) is 30.0 Å². The first-order chi connectivity index (χ1) is 13.4. The zero-order valence-electron chi connectivity index (χ0n) is 16.2. The van der Waals surface area contributed by atoms with Gasteiger partial charge in [-0.05, 0) is 42.0 Å². The Morgan fingerprint density at radius 3 is 2.14 bits per heavy atom. The molecule has 2 aromatic carbocycles. The highest BCUT2D eigenvalue weighted by atomic mass is 19.1. The fourth-order valence-electron chi connectivity index (χ4n) is 3.09. The van der Waals surface area contributed by atoms with Crippen molar-refractivity contribution < 1.29 is 14.0 Å². The number of nitrogens with one attached hydrogen (secondary N) is 1. The van der Waals surface area contributed by atoms with Crippen LogP contribution in [0.25, 0.3) is 0 Å². The van der Waals surface area contributed by atoms with Gasteiger partial charge in [-0.3, -0.25) is 4.79 Å². The van der Waals surface area contributed by atoms with Gasteiger partial charge in [0.15, 0.2) is 0 Å². The third-order valence-electron chi connectivity index (χ3n) is 4.79. The molecule has 148 valence electrons. The molecule has 0 atom stereocenters. The number of urea groups is 1. The third-order valence-corrected chi connectivity index (χ3v) is 4.79. The first-order valence-corrected chi connectivity index (χ1v) is 9.28. The summed E-state index contributed by atoms with van der Waals surface area (Å²) in [5, 5.41) is 2.81. The second kappa shape index (κ2) is 8.73. The van der Waals surface area contributed by atoms with Gasteiger partial charge in [-0.15, -0.1) is 0 Å². The minimum atomic E-state index is -0.294. The minimum absolute atomic E-state index is 0.0630. The fourth-order valence-corrected chi connectivity index (χ4v) is 3.09. The van der Waals surface area contributed by atoms with Crippen LogP contribution in [0.5, 0.6) is 0 Å². The molecule has 1 heterocycles. The molecule has 0 saturated carbocycles. The van der Waals surface area contributed by atoms with Crippen LogP contribution in [-0.4, -0.2) is 62.0 Å². The molecule has 3 rings (SSSR count). The summed E-state index contributed by atoms with van der Waals surface area (Å²) in [6, 6.07) is 13.6. The Bertz CT molecular complexity index is 813. The lowest BCUT2D eigenvalue weighted by atomic mass is 10.1. The lowest BCUT2D eigenvalue weighted by molar-refractivity contribution is -0.130. The summed E-state index contributed by atoms with van der Waals surface area (Å²) in [4.78, 5) is 29.7. The van der Waals surface area contributed by atoms with Gasteiger partial charge in [0.25, 0.3) is 0 Å². The monoisotopic (exact) mass is 384 g/mol. The first kappa shape index (κ1) is 19.7. The standard InChI is InChI=1S/C21H25FN4O2/c1-24(2)21(28)23-18-7-9-19(10-8-18)25-11-13-26(14-12-25)20(27)15-16-3-5-17(22)6-4-16/h3-10H,11-15H2,1-2H3,(H,23,28). The molecule has 1 saturated heterocycles. The molecule has 1 N–H and O–H groups in total. The van der Waals surface area contributed by atoms with Crippen molar-refractivity contribution in [2.24, 2.45) is 0 Å². The van der Waals surface area contributed by atoms with E-state index in [0.29, 0.717) is 19.5 Å². The Morgan fingerprint density at radius 1 is 0.964 bits per heavy atom. The van der Waals surface area contributed by atoms with E-state index in [1.54, 1.807) is 26.2 Å². The van der Waals surface area contributed by atoms with Crippen molar-refractivity contribution in [3.05, 3.63) is 59.9 Å². The molecule has 28 heavy (non-hydrogen) atoms. The summed E-state index contributed by atoms with van der Waals surface area (Å²) in [5.41, 5.74) is 2.63. The molecule has 0 spiro atoms. The van der Waals surface area contributed by atoms with Crippen molar-refractivity contribution in [1.82, 2.24) is 9.80 Å². The molecule has 1 aliphatic heterocycles. The van der Waals surface area contributed by atoms with Crippen LogP contribution < -0.4 is 10.2 Å². The second-order valence-corrected chi connectivity index (χ2v) is 7.04. The van der Waals surface area contributed by atoms with Gasteiger partial charge in [-0.2, -0.15) is 0 Å². The highest BCUT2D eigenvalue weighted by Gasteiger charge is 2.21. The van der Waals surface area contributed by atoms with Crippen LogP contribution in [0.15, 0.2) is 48.5 Å². The molecule has 0 aromatic heterocycles. The quantitative estimate of drug-likeness (QED) is 0.882. The number of carbonyl (C=O) groups excluding carboxylic acids is 2. The minimum Gasteiger partial charge on any atom is -0.368 e. The maximum Gasteiger partial charge on any atom is 0.321 e. The van der Waals surface area contributed by atoms with Gasteiger partial charge in [0.1, 0.15) is 5.82 Å². The maximum absolute atomic E-state index is 13.0. The number of amides is 3. The topological polar surface area (TPSA) is 55.9 Å². The van der Waals surface area contributed by atoms with E-state index in [-0.39, 0.29) is 17.8 Å². The average molecular weight is 384 g/mol. The third kappa shape index (κ3) is 5.00. The Balaban J connectivity index is 1.51. The predicted octanol–water partition coefficient (Wildman–Crippen LogP) is 2.81. The van der Waals surface area contributed by atoms with E-state index in [2.05, 4.69) is 10.2 Å². The molecule has 0 aliphatic carbocycles. The molecule has 0 radical (unpaired) electrons. The summed E-state index contributed by atoms with van der Waals surface area (Å²) in [5.74, 6) is -0.231. The number of hydrogen-bond donors (Lipinski definition) is 1. The first-order valence-electron chi connectivity index (χ1n) is 9.28. The predicted molar refractivity (Wildman–Crippen MR) is 108 cm³/mol.